The zero-order chi connectivity index (χ0) is 29.7. The van der Waals surface area contributed by atoms with Gasteiger partial charge in [0.2, 0.25) is 0 Å². The number of rotatable bonds is 5. The van der Waals surface area contributed by atoms with E-state index in [1.165, 1.54) is 58.8 Å². The molecule has 0 N–H and O–H groups in total. The van der Waals surface area contributed by atoms with Crippen LogP contribution in [0.1, 0.15) is 0 Å². The molecule has 0 amide bonds. The van der Waals surface area contributed by atoms with Gasteiger partial charge in [0.15, 0.2) is 0 Å². The van der Waals surface area contributed by atoms with E-state index in [0.29, 0.717) is 0 Å². The number of benzene rings is 7. The van der Waals surface area contributed by atoms with Crippen molar-refractivity contribution in [3.63, 3.8) is 0 Å². The van der Waals surface area contributed by atoms with Crippen molar-refractivity contribution in [3.05, 3.63) is 170 Å². The highest BCUT2D eigenvalue weighted by molar-refractivity contribution is 7.26. The third-order valence-corrected chi connectivity index (χ3v) is 9.99. The molecule has 2 nitrogen and oxygen atoms in total. The molecule has 3 heteroatoms. The lowest BCUT2D eigenvalue weighted by Crippen LogP contribution is -2.09. The number of hydrogen-bond acceptors (Lipinski definition) is 2. The third kappa shape index (κ3) is 4.24. The molecule has 9 rings (SSSR count). The molecule has 2 heterocycles. The minimum Gasteiger partial charge on any atom is -0.309 e. The molecular weight excluding hydrogens is 565 g/mol. The van der Waals surface area contributed by atoms with Gasteiger partial charge in [-0.05, 0) is 71.8 Å². The van der Waals surface area contributed by atoms with E-state index in [4.69, 9.17) is 0 Å². The summed E-state index contributed by atoms with van der Waals surface area (Å²) in [5, 5.41) is 5.09. The second-order valence-electron chi connectivity index (χ2n) is 11.4. The van der Waals surface area contributed by atoms with Crippen LogP contribution in [0.15, 0.2) is 170 Å². The van der Waals surface area contributed by atoms with Crippen LogP contribution < -0.4 is 4.90 Å². The van der Waals surface area contributed by atoms with Crippen LogP contribution in [0.25, 0.3) is 58.8 Å². The fourth-order valence-electron chi connectivity index (χ4n) is 6.72. The van der Waals surface area contributed by atoms with Crippen LogP contribution in [-0.4, -0.2) is 4.57 Å². The van der Waals surface area contributed by atoms with Gasteiger partial charge in [-0.15, -0.1) is 11.3 Å². The molecule has 45 heavy (non-hydrogen) atoms. The summed E-state index contributed by atoms with van der Waals surface area (Å²) in [5.74, 6) is 0. The molecule has 212 valence electrons. The maximum Gasteiger partial charge on any atom is 0.0640 e. The van der Waals surface area contributed by atoms with E-state index < -0.39 is 0 Å². The molecule has 7 aromatic carbocycles. The average molecular weight is 593 g/mol. The molecule has 9 aromatic rings. The monoisotopic (exact) mass is 592 g/mol. The Hall–Kier alpha value is -5.64. The van der Waals surface area contributed by atoms with Gasteiger partial charge in [0, 0.05) is 43.3 Å². The van der Waals surface area contributed by atoms with Crippen LogP contribution in [0.5, 0.6) is 0 Å². The van der Waals surface area contributed by atoms with E-state index in [1.54, 1.807) is 0 Å². The van der Waals surface area contributed by atoms with E-state index in [-0.39, 0.29) is 0 Å². The smallest absolute Gasteiger partial charge is 0.0640 e. The molecule has 0 spiro atoms. The summed E-state index contributed by atoms with van der Waals surface area (Å²) in [7, 11) is 0. The maximum absolute atomic E-state index is 2.41. The summed E-state index contributed by atoms with van der Waals surface area (Å²) in [5.41, 5.74) is 9.48. The first kappa shape index (κ1) is 25.8. The summed E-state index contributed by atoms with van der Waals surface area (Å²) in [6.45, 7) is 0. The quantitative estimate of drug-likeness (QED) is 0.193. The van der Waals surface area contributed by atoms with Crippen molar-refractivity contribution in [3.8, 4) is 16.8 Å². The van der Waals surface area contributed by atoms with Crippen LogP contribution in [0.2, 0.25) is 0 Å². The van der Waals surface area contributed by atoms with Gasteiger partial charge in [-0.3, -0.25) is 0 Å². The van der Waals surface area contributed by atoms with Gasteiger partial charge >= 0.3 is 0 Å². The van der Waals surface area contributed by atoms with Crippen LogP contribution in [0.4, 0.5) is 17.1 Å². The van der Waals surface area contributed by atoms with E-state index in [2.05, 4.69) is 179 Å². The molecule has 0 radical (unpaired) electrons. The van der Waals surface area contributed by atoms with Gasteiger partial charge in [0.05, 0.1) is 21.4 Å². The molecule has 0 fully saturated rings. The molecule has 0 saturated heterocycles. The SMILES string of the molecule is c1ccc(-c2ccc(-n3c4ccccc4c4cc(N(c5ccccc5)c5cccc6c5sc5ccccc56)ccc43)cc2)cc1. The topological polar surface area (TPSA) is 8.17 Å². The van der Waals surface area contributed by atoms with E-state index in [9.17, 15) is 0 Å². The molecule has 0 unspecified atom stereocenters. The van der Waals surface area contributed by atoms with Crippen molar-refractivity contribution >= 4 is 70.4 Å². The first-order valence-corrected chi connectivity index (χ1v) is 16.1. The Morgan fingerprint density at radius 1 is 0.422 bits per heavy atom. The Morgan fingerprint density at radius 3 is 1.89 bits per heavy atom. The number of thiophene rings is 1. The van der Waals surface area contributed by atoms with Gasteiger partial charge in [0.1, 0.15) is 0 Å². The largest absolute Gasteiger partial charge is 0.309 e. The lowest BCUT2D eigenvalue weighted by Gasteiger charge is -2.26. The van der Waals surface area contributed by atoms with Crippen molar-refractivity contribution < 1.29 is 0 Å². The number of nitrogens with zero attached hydrogens (tertiary/aromatic N) is 2. The van der Waals surface area contributed by atoms with Gasteiger partial charge in [-0.1, -0.05) is 109 Å². The Morgan fingerprint density at radius 2 is 1.07 bits per heavy atom. The van der Waals surface area contributed by atoms with Crippen molar-refractivity contribution in [2.45, 2.75) is 0 Å². The predicted octanol–water partition coefficient (Wildman–Crippen LogP) is 12.3. The molecule has 0 aliphatic heterocycles. The number of fused-ring (bicyclic) bond motifs is 6. The van der Waals surface area contributed by atoms with Gasteiger partial charge < -0.3 is 9.47 Å². The molecule has 0 bridgehead atoms. The number of anilines is 3. The van der Waals surface area contributed by atoms with E-state index >= 15 is 0 Å². The summed E-state index contributed by atoms with van der Waals surface area (Å²) in [4.78, 5) is 2.41. The molecule has 0 aliphatic rings. The maximum atomic E-state index is 2.41. The van der Waals surface area contributed by atoms with Gasteiger partial charge in [-0.25, -0.2) is 0 Å². The number of aromatic nitrogens is 1. The molecule has 2 aromatic heterocycles. The zero-order valence-corrected chi connectivity index (χ0v) is 25.3. The Balaban J connectivity index is 1.25. The Labute approximate surface area is 265 Å². The zero-order valence-electron chi connectivity index (χ0n) is 24.5. The van der Waals surface area contributed by atoms with Crippen molar-refractivity contribution in [1.82, 2.24) is 4.57 Å². The van der Waals surface area contributed by atoms with Crippen LogP contribution in [0.3, 0.4) is 0 Å². The Kier molecular flexibility index (Phi) is 6.03. The van der Waals surface area contributed by atoms with Gasteiger partial charge in [-0.2, -0.15) is 0 Å². The minimum absolute atomic E-state index is 1.14. The first-order valence-electron chi connectivity index (χ1n) is 15.3. The molecular formula is C42H28N2S. The highest BCUT2D eigenvalue weighted by Crippen LogP contribution is 2.45. The predicted molar refractivity (Wildman–Crippen MR) is 194 cm³/mol. The third-order valence-electron chi connectivity index (χ3n) is 8.79. The normalized spacial score (nSPS) is 11.6. The standard InChI is InChI=1S/C42H28N2S/c1-3-12-29(13-4-1)30-22-24-32(25-23-30)44-38-19-9-7-16-34(38)37-28-33(26-27-39(37)44)43(31-14-5-2-6-15-31)40-20-11-18-36-35-17-8-10-21-41(35)45-42(36)40/h1-28H. The lowest BCUT2D eigenvalue weighted by molar-refractivity contribution is 1.18. The number of hydrogen-bond donors (Lipinski definition) is 0. The number of para-hydroxylation sites is 2. The fraction of sp³-hybridized carbons (Fsp3) is 0. The highest BCUT2D eigenvalue weighted by atomic mass is 32.1. The van der Waals surface area contributed by atoms with Gasteiger partial charge in [0.25, 0.3) is 0 Å². The van der Waals surface area contributed by atoms with Crippen LogP contribution in [0, 0.1) is 0 Å². The summed E-state index contributed by atoms with van der Waals surface area (Å²) < 4.78 is 5.00. The van der Waals surface area contributed by atoms with Crippen LogP contribution >= 0.6 is 11.3 Å². The molecule has 0 saturated carbocycles. The van der Waals surface area contributed by atoms with Crippen LogP contribution in [-0.2, 0) is 0 Å². The highest BCUT2D eigenvalue weighted by Gasteiger charge is 2.20. The first-order chi connectivity index (χ1) is 22.3. The fourth-order valence-corrected chi connectivity index (χ4v) is 7.93. The average Bonchev–Trinajstić information content (AvgIpc) is 3.66. The molecule has 0 aliphatic carbocycles. The second kappa shape index (κ2) is 10.5. The van der Waals surface area contributed by atoms with Crippen molar-refractivity contribution in [2.75, 3.05) is 4.90 Å². The summed E-state index contributed by atoms with van der Waals surface area (Å²) in [6.07, 6.45) is 0. The van der Waals surface area contributed by atoms with Crippen molar-refractivity contribution in [1.29, 1.82) is 0 Å². The molecule has 0 atom stereocenters. The van der Waals surface area contributed by atoms with Crippen molar-refractivity contribution in [2.24, 2.45) is 0 Å². The minimum atomic E-state index is 1.14. The Bertz CT molecular complexity index is 2470. The lowest BCUT2D eigenvalue weighted by atomic mass is 10.1. The second-order valence-corrected chi connectivity index (χ2v) is 12.4. The van der Waals surface area contributed by atoms with E-state index in [0.717, 1.165) is 17.1 Å². The van der Waals surface area contributed by atoms with E-state index in [1.807, 2.05) is 11.3 Å². The summed E-state index contributed by atoms with van der Waals surface area (Å²) >= 11 is 1.87. The summed E-state index contributed by atoms with van der Waals surface area (Å²) in [6, 6.07) is 61.3.